The van der Waals surface area contributed by atoms with Crippen LogP contribution in [0.25, 0.3) is 10.1 Å². The van der Waals surface area contributed by atoms with Gasteiger partial charge in [-0.2, -0.15) is 0 Å². The summed E-state index contributed by atoms with van der Waals surface area (Å²) in [6.45, 7) is 1.36. The van der Waals surface area contributed by atoms with Crippen LogP contribution in [0.3, 0.4) is 0 Å². The van der Waals surface area contributed by atoms with Gasteiger partial charge in [0.1, 0.15) is 0 Å². The standard InChI is InChI=1S/C18H22N4O4S/c19-7-6-17(23)20-11-14-3-1-2-8-21(14)18(24)16-10-12-9-13(22(25)26)4-5-15(12)27-16/h4-5,9-10,14H,1-3,6-8,11,19H2,(H,20,23). The molecule has 2 amide bonds. The number of piperidine rings is 1. The van der Waals surface area contributed by atoms with Gasteiger partial charge in [0.2, 0.25) is 5.91 Å². The molecule has 1 aromatic carbocycles. The number of nitro benzene ring substituents is 1. The number of nitrogens with one attached hydrogen (secondary N) is 1. The number of amides is 2. The maximum atomic E-state index is 13.0. The summed E-state index contributed by atoms with van der Waals surface area (Å²) < 4.78 is 0.841. The van der Waals surface area contributed by atoms with Crippen LogP contribution < -0.4 is 11.1 Å². The average molecular weight is 390 g/mol. The third kappa shape index (κ3) is 4.42. The fraction of sp³-hybridized carbons (Fsp3) is 0.444. The molecule has 0 saturated carbocycles. The van der Waals surface area contributed by atoms with Crippen molar-refractivity contribution in [3.8, 4) is 0 Å². The van der Waals surface area contributed by atoms with Gasteiger partial charge in [-0.05, 0) is 31.4 Å². The van der Waals surface area contributed by atoms with E-state index < -0.39 is 4.92 Å². The summed E-state index contributed by atoms with van der Waals surface area (Å²) in [6, 6.07) is 6.28. The lowest BCUT2D eigenvalue weighted by molar-refractivity contribution is -0.384. The van der Waals surface area contributed by atoms with Crippen LogP contribution in [0, 0.1) is 10.1 Å². The Morgan fingerprint density at radius 1 is 1.33 bits per heavy atom. The zero-order valence-electron chi connectivity index (χ0n) is 14.8. The Morgan fingerprint density at radius 3 is 2.89 bits per heavy atom. The van der Waals surface area contributed by atoms with Gasteiger partial charge in [-0.3, -0.25) is 19.7 Å². The molecule has 0 spiro atoms. The SMILES string of the molecule is NCCC(=O)NCC1CCCCN1C(=O)c1cc2cc([N+](=O)[O-])ccc2s1. The van der Waals surface area contributed by atoms with Crippen LogP contribution in [0.15, 0.2) is 24.3 Å². The molecule has 1 aromatic heterocycles. The highest BCUT2D eigenvalue weighted by Crippen LogP contribution is 2.31. The second kappa shape index (κ2) is 8.45. The average Bonchev–Trinajstić information content (AvgIpc) is 3.09. The van der Waals surface area contributed by atoms with Crippen LogP contribution in [0.5, 0.6) is 0 Å². The van der Waals surface area contributed by atoms with Crippen LogP contribution in [-0.2, 0) is 4.79 Å². The summed E-state index contributed by atoms with van der Waals surface area (Å²) in [6.07, 6.45) is 3.05. The normalized spacial score (nSPS) is 17.1. The third-order valence-corrected chi connectivity index (χ3v) is 5.82. The smallest absolute Gasteiger partial charge is 0.270 e. The third-order valence-electron chi connectivity index (χ3n) is 4.72. The Kier molecular flexibility index (Phi) is 6.02. The molecule has 1 aliphatic heterocycles. The molecule has 27 heavy (non-hydrogen) atoms. The van der Waals surface area contributed by atoms with Gasteiger partial charge in [-0.1, -0.05) is 0 Å². The number of thiophene rings is 1. The molecule has 1 aliphatic rings. The number of rotatable bonds is 6. The second-order valence-corrected chi connectivity index (χ2v) is 7.66. The van der Waals surface area contributed by atoms with Gasteiger partial charge in [0.15, 0.2) is 0 Å². The highest BCUT2D eigenvalue weighted by Gasteiger charge is 2.28. The van der Waals surface area contributed by atoms with Crippen LogP contribution in [-0.4, -0.2) is 47.3 Å². The van der Waals surface area contributed by atoms with Crippen molar-refractivity contribution in [2.24, 2.45) is 5.73 Å². The quantitative estimate of drug-likeness (QED) is 0.579. The van der Waals surface area contributed by atoms with E-state index >= 15 is 0 Å². The van der Waals surface area contributed by atoms with Crippen LogP contribution >= 0.6 is 11.3 Å². The molecule has 0 bridgehead atoms. The van der Waals surface area contributed by atoms with Crippen LogP contribution in [0.4, 0.5) is 5.69 Å². The number of nitrogens with two attached hydrogens (primary N) is 1. The molecule has 3 rings (SSSR count). The van der Waals surface area contributed by atoms with Crippen molar-refractivity contribution in [3.63, 3.8) is 0 Å². The minimum atomic E-state index is -0.441. The van der Waals surface area contributed by atoms with E-state index in [1.54, 1.807) is 12.1 Å². The van der Waals surface area contributed by atoms with Crippen molar-refractivity contribution in [1.29, 1.82) is 0 Å². The zero-order valence-corrected chi connectivity index (χ0v) is 15.7. The number of fused-ring (bicyclic) bond motifs is 1. The van der Waals surface area contributed by atoms with Gasteiger partial charge in [0, 0.05) is 54.3 Å². The van der Waals surface area contributed by atoms with E-state index in [1.165, 1.54) is 23.5 Å². The number of hydrogen-bond donors (Lipinski definition) is 2. The number of nitro groups is 1. The molecule has 8 nitrogen and oxygen atoms in total. The summed E-state index contributed by atoms with van der Waals surface area (Å²) in [5, 5.41) is 14.5. The largest absolute Gasteiger partial charge is 0.354 e. The molecule has 1 saturated heterocycles. The van der Waals surface area contributed by atoms with E-state index in [-0.39, 0.29) is 30.0 Å². The van der Waals surface area contributed by atoms with Gasteiger partial charge in [0.05, 0.1) is 9.80 Å². The lowest BCUT2D eigenvalue weighted by atomic mass is 10.0. The van der Waals surface area contributed by atoms with E-state index in [0.29, 0.717) is 29.9 Å². The number of carbonyl (C=O) groups excluding carboxylic acids is 2. The Bertz CT molecular complexity index is 866. The Morgan fingerprint density at radius 2 is 2.15 bits per heavy atom. The van der Waals surface area contributed by atoms with E-state index in [1.807, 2.05) is 4.90 Å². The van der Waals surface area contributed by atoms with Crippen molar-refractivity contribution < 1.29 is 14.5 Å². The molecular formula is C18H22N4O4S. The maximum Gasteiger partial charge on any atom is 0.270 e. The van der Waals surface area contributed by atoms with Gasteiger partial charge < -0.3 is 16.0 Å². The molecule has 144 valence electrons. The van der Waals surface area contributed by atoms with E-state index in [2.05, 4.69) is 5.32 Å². The number of carbonyl (C=O) groups is 2. The van der Waals surface area contributed by atoms with Crippen molar-refractivity contribution in [2.75, 3.05) is 19.6 Å². The lowest BCUT2D eigenvalue weighted by Gasteiger charge is -2.35. The summed E-state index contributed by atoms with van der Waals surface area (Å²) in [4.78, 5) is 37.6. The van der Waals surface area contributed by atoms with Crippen LogP contribution in [0.2, 0.25) is 0 Å². The lowest BCUT2D eigenvalue weighted by Crippen LogP contribution is -2.49. The highest BCUT2D eigenvalue weighted by molar-refractivity contribution is 7.20. The summed E-state index contributed by atoms with van der Waals surface area (Å²) in [5.41, 5.74) is 5.40. The van der Waals surface area contributed by atoms with E-state index in [4.69, 9.17) is 5.73 Å². The Labute approximate surface area is 160 Å². The number of nitrogens with zero attached hydrogens (tertiary/aromatic N) is 2. The summed E-state index contributed by atoms with van der Waals surface area (Å²) in [7, 11) is 0. The topological polar surface area (TPSA) is 119 Å². The molecule has 0 aliphatic carbocycles. The predicted octanol–water partition coefficient (Wildman–Crippen LogP) is 2.27. The van der Waals surface area contributed by atoms with E-state index in [0.717, 1.165) is 24.0 Å². The van der Waals surface area contributed by atoms with Crippen molar-refractivity contribution >= 4 is 38.9 Å². The Hall–Kier alpha value is -2.52. The first kappa shape index (κ1) is 19.2. The molecule has 3 N–H and O–H groups in total. The van der Waals surface area contributed by atoms with Gasteiger partial charge in [-0.25, -0.2) is 0 Å². The molecule has 0 radical (unpaired) electrons. The maximum absolute atomic E-state index is 13.0. The first-order chi connectivity index (χ1) is 13.0. The molecular weight excluding hydrogens is 368 g/mol. The number of non-ortho nitro benzene ring substituents is 1. The Balaban J connectivity index is 1.76. The molecule has 9 heteroatoms. The van der Waals surface area contributed by atoms with Gasteiger partial charge in [0.25, 0.3) is 11.6 Å². The van der Waals surface area contributed by atoms with Crippen molar-refractivity contribution in [3.05, 3.63) is 39.3 Å². The first-order valence-corrected chi connectivity index (χ1v) is 9.77. The zero-order chi connectivity index (χ0) is 19.4. The summed E-state index contributed by atoms with van der Waals surface area (Å²) >= 11 is 1.34. The van der Waals surface area contributed by atoms with Crippen LogP contribution in [0.1, 0.15) is 35.4 Å². The fourth-order valence-electron chi connectivity index (χ4n) is 3.32. The van der Waals surface area contributed by atoms with Gasteiger partial charge in [-0.15, -0.1) is 11.3 Å². The van der Waals surface area contributed by atoms with Crippen molar-refractivity contribution in [1.82, 2.24) is 10.2 Å². The molecule has 1 fully saturated rings. The minimum Gasteiger partial charge on any atom is -0.354 e. The fourth-order valence-corrected chi connectivity index (χ4v) is 4.32. The van der Waals surface area contributed by atoms with Crippen molar-refractivity contribution in [2.45, 2.75) is 31.7 Å². The minimum absolute atomic E-state index is 0.0118. The van der Waals surface area contributed by atoms with Gasteiger partial charge >= 0.3 is 0 Å². The highest BCUT2D eigenvalue weighted by atomic mass is 32.1. The summed E-state index contributed by atoms with van der Waals surface area (Å²) in [5.74, 6) is -0.193. The molecule has 1 atom stereocenters. The molecule has 1 unspecified atom stereocenters. The number of hydrogen-bond acceptors (Lipinski definition) is 6. The monoisotopic (exact) mass is 390 g/mol. The first-order valence-electron chi connectivity index (χ1n) is 8.95. The number of benzene rings is 1. The molecule has 2 aromatic rings. The second-order valence-electron chi connectivity index (χ2n) is 6.58. The number of likely N-dealkylation sites (tertiary alicyclic amines) is 1. The molecule has 2 heterocycles. The predicted molar refractivity (Wildman–Crippen MR) is 104 cm³/mol. The van der Waals surface area contributed by atoms with E-state index in [9.17, 15) is 19.7 Å².